The van der Waals surface area contributed by atoms with Crippen LogP contribution in [0.2, 0.25) is 5.02 Å². The first-order chi connectivity index (χ1) is 10.7. The Morgan fingerprint density at radius 3 is 2.73 bits per heavy atom. The molecule has 114 valence electrons. The van der Waals surface area contributed by atoms with Gasteiger partial charge in [-0.15, -0.1) is 0 Å². The monoisotopic (exact) mass is 317 g/mol. The fourth-order valence-corrected chi connectivity index (χ4v) is 2.39. The predicted molar refractivity (Wildman–Crippen MR) is 85.4 cm³/mol. The fourth-order valence-electron chi connectivity index (χ4n) is 2.26. The van der Waals surface area contributed by atoms with Crippen molar-refractivity contribution in [3.8, 4) is 11.6 Å². The van der Waals surface area contributed by atoms with E-state index in [2.05, 4.69) is 15.6 Å². The Morgan fingerprint density at radius 1 is 1.27 bits per heavy atom. The highest BCUT2D eigenvalue weighted by Gasteiger charge is 2.22. The topological polar surface area (TPSA) is 63.2 Å². The van der Waals surface area contributed by atoms with E-state index in [9.17, 15) is 4.79 Å². The van der Waals surface area contributed by atoms with Gasteiger partial charge in [-0.3, -0.25) is 4.79 Å². The molecule has 1 fully saturated rings. The largest absolute Gasteiger partial charge is 0.439 e. The van der Waals surface area contributed by atoms with Gasteiger partial charge in [-0.1, -0.05) is 11.6 Å². The number of hydrogen-bond acceptors (Lipinski definition) is 4. The molecule has 0 aliphatic carbocycles. The summed E-state index contributed by atoms with van der Waals surface area (Å²) in [7, 11) is 0. The molecule has 1 aliphatic rings. The molecule has 1 saturated heterocycles. The molecule has 1 aromatic heterocycles. The van der Waals surface area contributed by atoms with Crippen molar-refractivity contribution >= 4 is 23.2 Å². The third-order valence-corrected chi connectivity index (χ3v) is 3.72. The van der Waals surface area contributed by atoms with Crippen LogP contribution in [0.1, 0.15) is 6.42 Å². The van der Waals surface area contributed by atoms with Gasteiger partial charge in [0.15, 0.2) is 0 Å². The standard InChI is InChI=1S/C16H16ClN3O2/c17-12-1-4-14(5-2-12)22-15-6-3-13(10-19-15)20-16(21)11-7-8-18-9-11/h1-6,10-11,18H,7-9H2,(H,20,21). The lowest BCUT2D eigenvalue weighted by atomic mass is 10.1. The Labute approximate surface area is 133 Å². The van der Waals surface area contributed by atoms with E-state index in [4.69, 9.17) is 16.3 Å². The van der Waals surface area contributed by atoms with Crippen LogP contribution in [0.25, 0.3) is 0 Å². The van der Waals surface area contributed by atoms with Gasteiger partial charge in [-0.05, 0) is 43.3 Å². The highest BCUT2D eigenvalue weighted by molar-refractivity contribution is 6.30. The highest BCUT2D eigenvalue weighted by Crippen LogP contribution is 2.22. The number of nitrogens with zero attached hydrogens (tertiary/aromatic N) is 1. The number of ether oxygens (including phenoxy) is 1. The molecule has 2 N–H and O–H groups in total. The molecule has 2 aromatic rings. The zero-order valence-corrected chi connectivity index (χ0v) is 12.6. The van der Waals surface area contributed by atoms with Crippen LogP contribution in [0.15, 0.2) is 42.6 Å². The van der Waals surface area contributed by atoms with Gasteiger partial charge in [0, 0.05) is 17.6 Å². The van der Waals surface area contributed by atoms with Crippen LogP contribution in [-0.4, -0.2) is 24.0 Å². The Bertz CT molecular complexity index is 637. The lowest BCUT2D eigenvalue weighted by Crippen LogP contribution is -2.24. The average molecular weight is 318 g/mol. The number of nitrogens with one attached hydrogen (secondary N) is 2. The van der Waals surface area contributed by atoms with Gasteiger partial charge in [0.1, 0.15) is 5.75 Å². The Kier molecular flexibility index (Phi) is 4.56. The number of rotatable bonds is 4. The molecular formula is C16H16ClN3O2. The maximum Gasteiger partial charge on any atom is 0.228 e. The van der Waals surface area contributed by atoms with E-state index in [-0.39, 0.29) is 11.8 Å². The molecule has 1 unspecified atom stereocenters. The lowest BCUT2D eigenvalue weighted by Gasteiger charge is -2.10. The molecule has 0 saturated carbocycles. The molecular weight excluding hydrogens is 302 g/mol. The van der Waals surface area contributed by atoms with Crippen LogP contribution in [-0.2, 0) is 4.79 Å². The second-order valence-electron chi connectivity index (χ2n) is 5.12. The van der Waals surface area contributed by atoms with Gasteiger partial charge < -0.3 is 15.4 Å². The van der Waals surface area contributed by atoms with Crippen molar-refractivity contribution in [1.29, 1.82) is 0 Å². The number of halogens is 1. The van der Waals surface area contributed by atoms with Crippen LogP contribution in [0.5, 0.6) is 11.6 Å². The summed E-state index contributed by atoms with van der Waals surface area (Å²) in [5, 5.41) is 6.69. The van der Waals surface area contributed by atoms with Crippen molar-refractivity contribution in [3.63, 3.8) is 0 Å². The predicted octanol–water partition coefficient (Wildman–Crippen LogP) is 3.08. The number of benzene rings is 1. The van der Waals surface area contributed by atoms with Crippen molar-refractivity contribution < 1.29 is 9.53 Å². The van der Waals surface area contributed by atoms with Crippen molar-refractivity contribution in [2.75, 3.05) is 18.4 Å². The molecule has 5 nitrogen and oxygen atoms in total. The first-order valence-corrected chi connectivity index (χ1v) is 7.49. The highest BCUT2D eigenvalue weighted by atomic mass is 35.5. The minimum absolute atomic E-state index is 0.0261. The van der Waals surface area contributed by atoms with Crippen molar-refractivity contribution in [2.45, 2.75) is 6.42 Å². The number of aromatic nitrogens is 1. The van der Waals surface area contributed by atoms with Crippen molar-refractivity contribution in [3.05, 3.63) is 47.6 Å². The number of amides is 1. The number of carbonyl (C=O) groups is 1. The van der Waals surface area contributed by atoms with E-state index in [1.54, 1.807) is 42.6 Å². The molecule has 2 heterocycles. The normalized spacial score (nSPS) is 17.2. The summed E-state index contributed by atoms with van der Waals surface area (Å²) in [5.74, 6) is 1.18. The summed E-state index contributed by atoms with van der Waals surface area (Å²) in [4.78, 5) is 16.2. The van der Waals surface area contributed by atoms with Crippen LogP contribution >= 0.6 is 11.6 Å². The minimum atomic E-state index is 0.0261. The molecule has 1 aromatic carbocycles. The first kappa shape index (κ1) is 14.8. The number of hydrogen-bond donors (Lipinski definition) is 2. The molecule has 0 radical (unpaired) electrons. The van der Waals surface area contributed by atoms with Crippen LogP contribution in [0, 0.1) is 5.92 Å². The molecule has 0 spiro atoms. The smallest absolute Gasteiger partial charge is 0.228 e. The summed E-state index contributed by atoms with van der Waals surface area (Å²) in [6, 6.07) is 10.5. The summed E-state index contributed by atoms with van der Waals surface area (Å²) >= 11 is 5.82. The molecule has 0 bridgehead atoms. The Balaban J connectivity index is 1.60. The summed E-state index contributed by atoms with van der Waals surface area (Å²) in [6.45, 7) is 1.63. The van der Waals surface area contributed by atoms with Crippen LogP contribution in [0.3, 0.4) is 0 Å². The van der Waals surface area contributed by atoms with Crippen LogP contribution in [0.4, 0.5) is 5.69 Å². The van der Waals surface area contributed by atoms with Crippen molar-refractivity contribution in [2.24, 2.45) is 5.92 Å². The lowest BCUT2D eigenvalue weighted by molar-refractivity contribution is -0.119. The second-order valence-corrected chi connectivity index (χ2v) is 5.56. The van der Waals surface area contributed by atoms with E-state index in [1.807, 2.05) is 0 Å². The molecule has 3 rings (SSSR count). The first-order valence-electron chi connectivity index (χ1n) is 7.12. The average Bonchev–Trinajstić information content (AvgIpc) is 3.06. The third-order valence-electron chi connectivity index (χ3n) is 3.47. The van der Waals surface area contributed by atoms with E-state index < -0.39 is 0 Å². The van der Waals surface area contributed by atoms with E-state index in [0.717, 1.165) is 19.5 Å². The molecule has 6 heteroatoms. The van der Waals surface area contributed by atoms with Gasteiger partial charge in [-0.2, -0.15) is 0 Å². The second kappa shape index (κ2) is 6.77. The summed E-state index contributed by atoms with van der Waals surface area (Å²) < 4.78 is 5.60. The third kappa shape index (κ3) is 3.75. The van der Waals surface area contributed by atoms with Crippen molar-refractivity contribution in [1.82, 2.24) is 10.3 Å². The van der Waals surface area contributed by atoms with Crippen LogP contribution < -0.4 is 15.4 Å². The fraction of sp³-hybridized carbons (Fsp3) is 0.250. The van der Waals surface area contributed by atoms with Gasteiger partial charge in [0.05, 0.1) is 17.8 Å². The molecule has 1 atom stereocenters. The maximum absolute atomic E-state index is 12.0. The van der Waals surface area contributed by atoms with Gasteiger partial charge >= 0.3 is 0 Å². The maximum atomic E-state index is 12.0. The Morgan fingerprint density at radius 2 is 2.09 bits per heavy atom. The van der Waals surface area contributed by atoms with E-state index in [1.165, 1.54) is 0 Å². The quantitative estimate of drug-likeness (QED) is 0.909. The summed E-state index contributed by atoms with van der Waals surface area (Å²) in [6.07, 6.45) is 2.46. The van der Waals surface area contributed by atoms with E-state index in [0.29, 0.717) is 22.3 Å². The Hall–Kier alpha value is -2.11. The number of carbonyl (C=O) groups excluding carboxylic acids is 1. The van der Waals surface area contributed by atoms with Gasteiger partial charge in [-0.25, -0.2) is 4.98 Å². The van der Waals surface area contributed by atoms with Gasteiger partial charge in [0.2, 0.25) is 11.8 Å². The zero-order valence-electron chi connectivity index (χ0n) is 11.9. The number of anilines is 1. The minimum Gasteiger partial charge on any atom is -0.439 e. The van der Waals surface area contributed by atoms with E-state index >= 15 is 0 Å². The molecule has 1 aliphatic heterocycles. The van der Waals surface area contributed by atoms with Gasteiger partial charge in [0.25, 0.3) is 0 Å². The summed E-state index contributed by atoms with van der Waals surface area (Å²) in [5.41, 5.74) is 0.667. The number of pyridine rings is 1. The zero-order chi connectivity index (χ0) is 15.4. The SMILES string of the molecule is O=C(Nc1ccc(Oc2ccc(Cl)cc2)nc1)C1CCNC1. The molecule has 22 heavy (non-hydrogen) atoms. The molecule has 1 amide bonds.